The summed E-state index contributed by atoms with van der Waals surface area (Å²) in [5.41, 5.74) is 2.06. The number of alkyl halides is 2. The highest BCUT2D eigenvalue weighted by Crippen LogP contribution is 2.28. The molecule has 0 radical (unpaired) electrons. The molecule has 8 heteroatoms. The predicted octanol–water partition coefficient (Wildman–Crippen LogP) is 2.49. The summed E-state index contributed by atoms with van der Waals surface area (Å²) in [5.74, 6) is -2.89. The van der Waals surface area contributed by atoms with Gasteiger partial charge in [-0.25, -0.2) is 8.42 Å². The summed E-state index contributed by atoms with van der Waals surface area (Å²) in [6.07, 6.45) is 5.85. The average Bonchev–Trinajstić information content (AvgIpc) is 3.17. The van der Waals surface area contributed by atoms with E-state index in [0.717, 1.165) is 31.6 Å². The Morgan fingerprint density at radius 1 is 1.29 bits per heavy atom. The number of hydrogen-bond donors (Lipinski definition) is 0. The lowest BCUT2D eigenvalue weighted by atomic mass is 10.0. The summed E-state index contributed by atoms with van der Waals surface area (Å²) in [7, 11) is -2.64. The Kier molecular flexibility index (Phi) is 4.58. The highest BCUT2D eigenvalue weighted by Gasteiger charge is 2.27. The quantitative estimate of drug-likeness (QED) is 0.827. The summed E-state index contributed by atoms with van der Waals surface area (Å²) >= 11 is 0. The number of benzene rings is 1. The minimum atomic E-state index is -4.53. The summed E-state index contributed by atoms with van der Waals surface area (Å²) in [4.78, 5) is 1.81. The normalized spacial score (nSPS) is 18.5. The fraction of sp³-hybridized carbons (Fsp3) is 0.438. The molecule has 1 fully saturated rings. The first-order valence-electron chi connectivity index (χ1n) is 7.71. The van der Waals surface area contributed by atoms with Crippen molar-refractivity contribution in [2.75, 3.05) is 18.0 Å². The number of halogens is 2. The van der Waals surface area contributed by atoms with Gasteiger partial charge in [-0.1, -0.05) is 0 Å². The van der Waals surface area contributed by atoms with Crippen LogP contribution in [-0.4, -0.2) is 37.0 Å². The van der Waals surface area contributed by atoms with Crippen LogP contribution >= 0.6 is 0 Å². The van der Waals surface area contributed by atoms with Gasteiger partial charge in [0.2, 0.25) is 9.84 Å². The molecule has 130 valence electrons. The first-order valence-corrected chi connectivity index (χ1v) is 9.25. The summed E-state index contributed by atoms with van der Waals surface area (Å²) in [6, 6.07) is 5.71. The van der Waals surface area contributed by atoms with Crippen LogP contribution in [0.5, 0.6) is 0 Å². The molecule has 0 bridgehead atoms. The maximum absolute atomic E-state index is 12.6. The lowest BCUT2D eigenvalue weighted by Crippen LogP contribution is -2.20. The van der Waals surface area contributed by atoms with Crippen molar-refractivity contribution in [2.45, 2.75) is 23.5 Å². The molecular weight excluding hydrogens is 336 g/mol. The Balaban J connectivity index is 1.66. The van der Waals surface area contributed by atoms with E-state index in [2.05, 4.69) is 10.00 Å². The van der Waals surface area contributed by atoms with Crippen LogP contribution in [0.15, 0.2) is 41.6 Å². The second kappa shape index (κ2) is 6.51. The van der Waals surface area contributed by atoms with Gasteiger partial charge >= 0.3 is 5.76 Å². The number of sulfone groups is 1. The van der Waals surface area contributed by atoms with E-state index in [1.165, 1.54) is 17.7 Å². The smallest absolute Gasteiger partial charge is 0.341 e. The van der Waals surface area contributed by atoms with Crippen LogP contribution in [0.4, 0.5) is 14.5 Å². The van der Waals surface area contributed by atoms with E-state index in [1.807, 2.05) is 19.4 Å². The molecule has 1 aromatic carbocycles. The standard InChI is InChI=1S/C16H19F2N3O2S/c1-20-10-13(9-19-20)8-12-6-7-21(11-12)14-2-4-15(5-3-14)24(22,23)16(17)18/h2-5,9-10,12,16H,6-8,11H2,1H3. The van der Waals surface area contributed by atoms with Crippen molar-refractivity contribution in [3.63, 3.8) is 0 Å². The molecule has 2 heterocycles. The van der Waals surface area contributed by atoms with Crippen LogP contribution in [0.1, 0.15) is 12.0 Å². The van der Waals surface area contributed by atoms with Crippen LogP contribution < -0.4 is 4.90 Å². The molecule has 1 atom stereocenters. The van der Waals surface area contributed by atoms with Crippen LogP contribution in [0.2, 0.25) is 0 Å². The minimum Gasteiger partial charge on any atom is -0.371 e. The van der Waals surface area contributed by atoms with E-state index in [9.17, 15) is 17.2 Å². The maximum atomic E-state index is 12.6. The molecule has 3 rings (SSSR count). The Morgan fingerprint density at radius 2 is 2.00 bits per heavy atom. The lowest BCUT2D eigenvalue weighted by molar-refractivity contribution is 0.234. The fourth-order valence-electron chi connectivity index (χ4n) is 3.09. The SMILES string of the molecule is Cn1cc(CC2CCN(c3ccc(S(=O)(=O)C(F)F)cc3)C2)cn1. The topological polar surface area (TPSA) is 55.2 Å². The second-order valence-electron chi connectivity index (χ2n) is 6.13. The summed E-state index contributed by atoms with van der Waals surface area (Å²) < 4.78 is 49.8. The molecule has 1 aliphatic rings. The summed E-state index contributed by atoms with van der Waals surface area (Å²) in [6.45, 7) is 1.72. The average molecular weight is 355 g/mol. The van der Waals surface area contributed by atoms with Crippen molar-refractivity contribution in [1.82, 2.24) is 9.78 Å². The Hall–Kier alpha value is -1.96. The third-order valence-electron chi connectivity index (χ3n) is 4.33. The maximum Gasteiger partial charge on any atom is 0.341 e. The highest BCUT2D eigenvalue weighted by atomic mass is 32.2. The predicted molar refractivity (Wildman–Crippen MR) is 86.9 cm³/mol. The van der Waals surface area contributed by atoms with Crippen molar-refractivity contribution in [3.05, 3.63) is 42.2 Å². The Bertz CT molecular complexity index is 803. The molecule has 2 aromatic rings. The van der Waals surface area contributed by atoms with Crippen LogP contribution in [0.3, 0.4) is 0 Å². The highest BCUT2D eigenvalue weighted by molar-refractivity contribution is 7.91. The van der Waals surface area contributed by atoms with E-state index in [1.54, 1.807) is 16.8 Å². The van der Waals surface area contributed by atoms with Crippen molar-refractivity contribution in [2.24, 2.45) is 13.0 Å². The largest absolute Gasteiger partial charge is 0.371 e. The third-order valence-corrected chi connectivity index (χ3v) is 5.73. The van der Waals surface area contributed by atoms with E-state index in [-0.39, 0.29) is 4.90 Å². The molecule has 0 saturated carbocycles. The van der Waals surface area contributed by atoms with Crippen molar-refractivity contribution in [3.8, 4) is 0 Å². The van der Waals surface area contributed by atoms with Gasteiger partial charge in [-0.15, -0.1) is 0 Å². The van der Waals surface area contributed by atoms with E-state index < -0.39 is 15.6 Å². The van der Waals surface area contributed by atoms with Gasteiger partial charge in [-0.3, -0.25) is 4.68 Å². The van der Waals surface area contributed by atoms with Gasteiger partial charge in [0.25, 0.3) is 0 Å². The van der Waals surface area contributed by atoms with Gasteiger partial charge in [0, 0.05) is 32.0 Å². The molecule has 0 amide bonds. The monoisotopic (exact) mass is 355 g/mol. The number of aromatic nitrogens is 2. The number of hydrogen-bond acceptors (Lipinski definition) is 4. The molecule has 0 aliphatic carbocycles. The minimum absolute atomic E-state index is 0.340. The molecule has 0 spiro atoms. The van der Waals surface area contributed by atoms with E-state index >= 15 is 0 Å². The van der Waals surface area contributed by atoms with Crippen LogP contribution in [0, 0.1) is 5.92 Å². The zero-order valence-electron chi connectivity index (χ0n) is 13.3. The molecule has 0 N–H and O–H groups in total. The van der Waals surface area contributed by atoms with E-state index in [4.69, 9.17) is 0 Å². The molecule has 1 aromatic heterocycles. The number of aryl methyl sites for hydroxylation is 1. The molecule has 24 heavy (non-hydrogen) atoms. The molecule has 1 unspecified atom stereocenters. The van der Waals surface area contributed by atoms with Gasteiger partial charge < -0.3 is 4.90 Å². The fourth-order valence-corrected chi connectivity index (χ4v) is 3.82. The molecular formula is C16H19F2N3O2S. The van der Waals surface area contributed by atoms with E-state index in [0.29, 0.717) is 5.92 Å². The molecule has 1 saturated heterocycles. The zero-order chi connectivity index (χ0) is 17.3. The van der Waals surface area contributed by atoms with Gasteiger partial charge in [0.05, 0.1) is 11.1 Å². The molecule has 5 nitrogen and oxygen atoms in total. The van der Waals surface area contributed by atoms with Crippen molar-refractivity contribution < 1.29 is 17.2 Å². The van der Waals surface area contributed by atoms with Crippen LogP contribution in [-0.2, 0) is 23.3 Å². The van der Waals surface area contributed by atoms with Gasteiger partial charge in [-0.05, 0) is 48.6 Å². The first kappa shape index (κ1) is 16.9. The summed E-state index contributed by atoms with van der Waals surface area (Å²) in [5, 5.41) is 4.17. The third kappa shape index (κ3) is 3.43. The number of anilines is 1. The lowest BCUT2D eigenvalue weighted by Gasteiger charge is -2.19. The Labute approximate surface area is 139 Å². The van der Waals surface area contributed by atoms with Gasteiger partial charge in [-0.2, -0.15) is 13.9 Å². The van der Waals surface area contributed by atoms with Crippen LogP contribution in [0.25, 0.3) is 0 Å². The van der Waals surface area contributed by atoms with Crippen molar-refractivity contribution in [1.29, 1.82) is 0 Å². The number of nitrogens with zero attached hydrogens (tertiary/aromatic N) is 3. The molecule has 1 aliphatic heterocycles. The van der Waals surface area contributed by atoms with Gasteiger partial charge in [0.1, 0.15) is 0 Å². The van der Waals surface area contributed by atoms with Gasteiger partial charge in [0.15, 0.2) is 0 Å². The van der Waals surface area contributed by atoms with Crippen molar-refractivity contribution >= 4 is 15.5 Å². The Morgan fingerprint density at radius 3 is 2.58 bits per heavy atom. The second-order valence-corrected chi connectivity index (χ2v) is 8.04. The first-order chi connectivity index (χ1) is 11.4. The number of rotatable bonds is 5. The zero-order valence-corrected chi connectivity index (χ0v) is 14.1.